The van der Waals surface area contributed by atoms with Crippen molar-refractivity contribution in [1.29, 1.82) is 0 Å². The second-order valence-electron chi connectivity index (χ2n) is 3.25. The van der Waals surface area contributed by atoms with Crippen molar-refractivity contribution in [3.8, 4) is 0 Å². The molecule has 1 aliphatic rings. The van der Waals surface area contributed by atoms with Crippen molar-refractivity contribution in [2.45, 2.75) is 19.8 Å². The summed E-state index contributed by atoms with van der Waals surface area (Å²) in [6.07, 6.45) is 2.40. The minimum atomic E-state index is 0.0663. The molecular weight excluding hydrogens is 140 g/mol. The molecule has 0 aromatic carbocycles. The van der Waals surface area contributed by atoms with E-state index >= 15 is 0 Å². The fourth-order valence-electron chi connectivity index (χ4n) is 1.53. The maximum atomic E-state index is 11.1. The summed E-state index contributed by atoms with van der Waals surface area (Å²) in [6.45, 7) is 4.03. The first kappa shape index (κ1) is 8.37. The second kappa shape index (κ2) is 3.60. The highest BCUT2D eigenvalue weighted by Crippen LogP contribution is 2.14. The Morgan fingerprint density at radius 3 is 2.91 bits per heavy atom. The number of carbonyl (C=O) groups is 1. The quantitative estimate of drug-likeness (QED) is 0.558. The molecule has 3 heteroatoms. The molecule has 11 heavy (non-hydrogen) atoms. The van der Waals surface area contributed by atoms with Crippen molar-refractivity contribution in [3.05, 3.63) is 0 Å². The predicted molar refractivity (Wildman–Crippen MR) is 44.4 cm³/mol. The summed E-state index contributed by atoms with van der Waals surface area (Å²) >= 11 is 0. The highest BCUT2D eigenvalue weighted by Gasteiger charge is 2.19. The smallest absolute Gasteiger partial charge is 0.317 e. The van der Waals surface area contributed by atoms with E-state index in [1.54, 1.807) is 7.05 Å². The first-order valence-electron chi connectivity index (χ1n) is 4.20. The zero-order chi connectivity index (χ0) is 8.27. The molecule has 2 amide bonds. The van der Waals surface area contributed by atoms with Crippen LogP contribution in [0.15, 0.2) is 0 Å². The molecule has 0 spiro atoms. The van der Waals surface area contributed by atoms with Gasteiger partial charge in [0.2, 0.25) is 0 Å². The molecule has 0 saturated carbocycles. The van der Waals surface area contributed by atoms with Crippen LogP contribution < -0.4 is 5.32 Å². The number of urea groups is 1. The summed E-state index contributed by atoms with van der Waals surface area (Å²) in [4.78, 5) is 13.0. The van der Waals surface area contributed by atoms with Crippen molar-refractivity contribution in [3.63, 3.8) is 0 Å². The highest BCUT2D eigenvalue weighted by molar-refractivity contribution is 5.73. The number of amides is 2. The number of nitrogens with zero attached hydrogens (tertiary/aromatic N) is 1. The zero-order valence-electron chi connectivity index (χ0n) is 7.26. The molecule has 64 valence electrons. The molecule has 0 aromatic rings. The van der Waals surface area contributed by atoms with Gasteiger partial charge in [0, 0.05) is 20.1 Å². The first-order valence-corrected chi connectivity index (χ1v) is 4.20. The fraction of sp³-hybridized carbons (Fsp3) is 0.875. The predicted octanol–water partition coefficient (Wildman–Crippen LogP) is 1.06. The van der Waals surface area contributed by atoms with E-state index in [4.69, 9.17) is 0 Å². The van der Waals surface area contributed by atoms with Crippen LogP contribution in [-0.4, -0.2) is 31.1 Å². The molecule has 1 rings (SSSR count). The van der Waals surface area contributed by atoms with Gasteiger partial charge in [0.1, 0.15) is 0 Å². The molecule has 0 aromatic heterocycles. The van der Waals surface area contributed by atoms with Gasteiger partial charge in [-0.2, -0.15) is 0 Å². The average Bonchev–Trinajstić information content (AvgIpc) is 2.03. The van der Waals surface area contributed by atoms with Crippen molar-refractivity contribution < 1.29 is 4.79 Å². The molecule has 0 aliphatic carbocycles. The van der Waals surface area contributed by atoms with Crippen LogP contribution in [0.4, 0.5) is 4.79 Å². The maximum Gasteiger partial charge on any atom is 0.317 e. The van der Waals surface area contributed by atoms with Crippen molar-refractivity contribution >= 4 is 6.03 Å². The number of hydrogen-bond acceptors (Lipinski definition) is 1. The Morgan fingerprint density at radius 1 is 1.64 bits per heavy atom. The van der Waals surface area contributed by atoms with Gasteiger partial charge in [-0.3, -0.25) is 0 Å². The van der Waals surface area contributed by atoms with Crippen molar-refractivity contribution in [2.75, 3.05) is 20.1 Å². The zero-order valence-corrected chi connectivity index (χ0v) is 7.26. The average molecular weight is 156 g/mol. The van der Waals surface area contributed by atoms with Crippen molar-refractivity contribution in [1.82, 2.24) is 10.2 Å². The summed E-state index contributed by atoms with van der Waals surface area (Å²) in [5, 5.41) is 2.64. The Labute approximate surface area is 67.8 Å². The Hall–Kier alpha value is -0.730. The van der Waals surface area contributed by atoms with Crippen LogP contribution in [0.3, 0.4) is 0 Å². The van der Waals surface area contributed by atoms with Gasteiger partial charge in [0.05, 0.1) is 0 Å². The molecule has 1 fully saturated rings. The molecular formula is C8H16N2O. The van der Waals surface area contributed by atoms with Crippen LogP contribution in [0.2, 0.25) is 0 Å². The first-order chi connectivity index (χ1) is 5.24. The number of piperidine rings is 1. The largest absolute Gasteiger partial charge is 0.341 e. The Kier molecular flexibility index (Phi) is 2.74. The topological polar surface area (TPSA) is 32.3 Å². The molecule has 1 aliphatic heterocycles. The lowest BCUT2D eigenvalue weighted by Crippen LogP contribution is -2.43. The molecule has 1 N–H and O–H groups in total. The summed E-state index contributed by atoms with van der Waals surface area (Å²) < 4.78 is 0. The standard InChI is InChI=1S/C8H16N2O/c1-7-4-3-5-10(6-7)8(11)9-2/h7H,3-6H2,1-2H3,(H,9,11). The third-order valence-corrected chi connectivity index (χ3v) is 2.16. The summed E-state index contributed by atoms with van der Waals surface area (Å²) in [5.41, 5.74) is 0. The Bertz CT molecular complexity index is 147. The van der Waals surface area contributed by atoms with Crippen LogP contribution in [0.1, 0.15) is 19.8 Å². The van der Waals surface area contributed by atoms with Gasteiger partial charge in [0.25, 0.3) is 0 Å². The number of nitrogens with one attached hydrogen (secondary N) is 1. The molecule has 1 heterocycles. The lowest BCUT2D eigenvalue weighted by atomic mass is 10.0. The van der Waals surface area contributed by atoms with Gasteiger partial charge in [-0.15, -0.1) is 0 Å². The van der Waals surface area contributed by atoms with Crippen molar-refractivity contribution in [2.24, 2.45) is 5.92 Å². The molecule has 1 unspecified atom stereocenters. The maximum absolute atomic E-state index is 11.1. The van der Waals surface area contributed by atoms with Crippen LogP contribution in [0, 0.1) is 5.92 Å². The minimum Gasteiger partial charge on any atom is -0.341 e. The van der Waals surface area contributed by atoms with Gasteiger partial charge in [-0.25, -0.2) is 4.79 Å². The highest BCUT2D eigenvalue weighted by atomic mass is 16.2. The van der Waals surface area contributed by atoms with Gasteiger partial charge in [-0.1, -0.05) is 6.92 Å². The van der Waals surface area contributed by atoms with E-state index in [1.165, 1.54) is 6.42 Å². The second-order valence-corrected chi connectivity index (χ2v) is 3.25. The normalized spacial score (nSPS) is 24.9. The third kappa shape index (κ3) is 2.10. The van der Waals surface area contributed by atoms with Crippen LogP contribution in [0.5, 0.6) is 0 Å². The van der Waals surface area contributed by atoms with E-state index < -0.39 is 0 Å². The van der Waals surface area contributed by atoms with Gasteiger partial charge in [0.15, 0.2) is 0 Å². The van der Waals surface area contributed by atoms with Gasteiger partial charge < -0.3 is 10.2 Å². The monoisotopic (exact) mass is 156 g/mol. The SMILES string of the molecule is CNC(=O)N1CCCC(C)C1. The summed E-state index contributed by atoms with van der Waals surface area (Å²) in [6, 6.07) is 0.0663. The minimum absolute atomic E-state index is 0.0663. The molecule has 0 bridgehead atoms. The summed E-state index contributed by atoms with van der Waals surface area (Å²) in [5.74, 6) is 0.668. The van der Waals surface area contributed by atoms with Gasteiger partial charge in [-0.05, 0) is 18.8 Å². The lowest BCUT2D eigenvalue weighted by Gasteiger charge is -2.30. The Balaban J connectivity index is 2.39. The third-order valence-electron chi connectivity index (χ3n) is 2.16. The summed E-state index contributed by atoms with van der Waals surface area (Å²) in [7, 11) is 1.68. The molecule has 1 atom stereocenters. The number of likely N-dealkylation sites (tertiary alicyclic amines) is 1. The van der Waals surface area contributed by atoms with E-state index in [0.29, 0.717) is 5.92 Å². The van der Waals surface area contributed by atoms with E-state index in [2.05, 4.69) is 12.2 Å². The fourth-order valence-corrected chi connectivity index (χ4v) is 1.53. The molecule has 0 radical (unpaired) electrons. The van der Waals surface area contributed by atoms with E-state index in [9.17, 15) is 4.79 Å². The van der Waals surface area contributed by atoms with Crippen LogP contribution in [-0.2, 0) is 0 Å². The molecule has 1 saturated heterocycles. The van der Waals surface area contributed by atoms with Crippen LogP contribution >= 0.6 is 0 Å². The number of carbonyl (C=O) groups excluding carboxylic acids is 1. The van der Waals surface area contributed by atoms with Gasteiger partial charge >= 0.3 is 6.03 Å². The lowest BCUT2D eigenvalue weighted by molar-refractivity contribution is 0.172. The van der Waals surface area contributed by atoms with E-state index in [1.807, 2.05) is 4.90 Å². The molecule has 3 nitrogen and oxygen atoms in total. The Morgan fingerprint density at radius 2 is 2.36 bits per heavy atom. The van der Waals surface area contributed by atoms with E-state index in [-0.39, 0.29) is 6.03 Å². The number of rotatable bonds is 0. The van der Waals surface area contributed by atoms with Crippen LogP contribution in [0.25, 0.3) is 0 Å². The van der Waals surface area contributed by atoms with E-state index in [0.717, 1.165) is 19.5 Å². The number of hydrogen-bond donors (Lipinski definition) is 1.